The van der Waals surface area contributed by atoms with E-state index in [1.54, 1.807) is 12.1 Å². The summed E-state index contributed by atoms with van der Waals surface area (Å²) in [7, 11) is 0. The van der Waals surface area contributed by atoms with Crippen LogP contribution in [0.25, 0.3) is 0 Å². The van der Waals surface area contributed by atoms with Crippen molar-refractivity contribution in [2.75, 3.05) is 12.0 Å². The summed E-state index contributed by atoms with van der Waals surface area (Å²) < 4.78 is 0. The number of benzene rings is 1. The van der Waals surface area contributed by atoms with Crippen LogP contribution in [0.1, 0.15) is 12.8 Å². The standard InChI is InChI=1S/C16H18N6O3/c17-8-12(22-21-11-4-2-1-3-5-11)13(23)18-9-16(10-6-7-10)14(24)19-15(25)20-16/h1-5,8,10,17,21H,6-7,9H2,(H,18,23)(H2,19,20,24,25)/b17-8?,22-12+. The van der Waals surface area contributed by atoms with Gasteiger partial charge in [0, 0.05) is 0 Å². The molecule has 2 aliphatic rings. The van der Waals surface area contributed by atoms with Crippen LogP contribution in [-0.4, -0.2) is 41.9 Å². The van der Waals surface area contributed by atoms with Crippen LogP contribution in [0.3, 0.4) is 0 Å². The third-order valence-electron chi connectivity index (χ3n) is 4.22. The molecule has 1 aromatic rings. The molecule has 2 fully saturated rings. The highest BCUT2D eigenvalue weighted by atomic mass is 16.2. The van der Waals surface area contributed by atoms with Crippen LogP contribution >= 0.6 is 0 Å². The summed E-state index contributed by atoms with van der Waals surface area (Å²) >= 11 is 0. The van der Waals surface area contributed by atoms with Gasteiger partial charge < -0.3 is 16.0 Å². The number of anilines is 1. The number of carbonyl (C=O) groups is 3. The average Bonchev–Trinajstić information content (AvgIpc) is 3.41. The number of hydrogen-bond acceptors (Lipinski definition) is 6. The van der Waals surface area contributed by atoms with Crippen LogP contribution in [0.5, 0.6) is 0 Å². The Labute approximate surface area is 143 Å². The second kappa shape index (κ2) is 6.71. The van der Waals surface area contributed by atoms with Crippen LogP contribution in [-0.2, 0) is 9.59 Å². The molecule has 1 atom stereocenters. The molecule has 9 nitrogen and oxygen atoms in total. The molecule has 0 aromatic heterocycles. The van der Waals surface area contributed by atoms with Gasteiger partial charge in [0.2, 0.25) is 0 Å². The topological polar surface area (TPSA) is 136 Å². The Hall–Kier alpha value is -3.23. The van der Waals surface area contributed by atoms with Crippen molar-refractivity contribution in [2.45, 2.75) is 18.4 Å². The summed E-state index contributed by atoms with van der Waals surface area (Å²) in [4.78, 5) is 35.8. The zero-order valence-corrected chi connectivity index (χ0v) is 13.3. The van der Waals surface area contributed by atoms with Crippen LogP contribution in [0.4, 0.5) is 10.5 Å². The van der Waals surface area contributed by atoms with Crippen molar-refractivity contribution in [3.63, 3.8) is 0 Å². The first-order chi connectivity index (χ1) is 12.0. The van der Waals surface area contributed by atoms with Gasteiger partial charge in [-0.2, -0.15) is 5.10 Å². The lowest BCUT2D eigenvalue weighted by molar-refractivity contribution is -0.125. The Bertz CT molecular complexity index is 743. The Morgan fingerprint density at radius 3 is 2.60 bits per heavy atom. The van der Waals surface area contributed by atoms with Gasteiger partial charge in [-0.05, 0) is 30.9 Å². The molecule has 1 heterocycles. The summed E-state index contributed by atoms with van der Waals surface area (Å²) in [5.74, 6) is -1.04. The molecule has 4 amide bonds. The summed E-state index contributed by atoms with van der Waals surface area (Å²) in [5.41, 5.74) is 2.11. The van der Waals surface area contributed by atoms with Crippen molar-refractivity contribution in [3.05, 3.63) is 30.3 Å². The number of para-hydroxylation sites is 1. The molecule has 0 bridgehead atoms. The molecular weight excluding hydrogens is 324 g/mol. The third kappa shape index (κ3) is 3.49. The second-order valence-corrected chi connectivity index (χ2v) is 5.96. The minimum atomic E-state index is -1.12. The molecule has 0 radical (unpaired) electrons. The van der Waals surface area contributed by atoms with Crippen LogP contribution in [0, 0.1) is 11.3 Å². The number of hydrazone groups is 1. The fourth-order valence-corrected chi connectivity index (χ4v) is 2.73. The van der Waals surface area contributed by atoms with Crippen molar-refractivity contribution < 1.29 is 14.4 Å². The Morgan fingerprint density at radius 1 is 1.32 bits per heavy atom. The maximum Gasteiger partial charge on any atom is 0.322 e. The van der Waals surface area contributed by atoms with Gasteiger partial charge in [-0.25, -0.2) is 4.79 Å². The molecule has 1 saturated carbocycles. The van der Waals surface area contributed by atoms with Gasteiger partial charge in [-0.15, -0.1) is 0 Å². The van der Waals surface area contributed by atoms with Gasteiger partial charge in [-0.3, -0.25) is 20.3 Å². The first kappa shape index (κ1) is 16.6. The number of carbonyl (C=O) groups excluding carboxylic acids is 3. The number of rotatable bonds is 7. The minimum Gasteiger partial charge on any atom is -0.348 e. The molecular formula is C16H18N6O3. The molecule has 1 saturated heterocycles. The Kier molecular flexibility index (Phi) is 4.46. The summed E-state index contributed by atoms with van der Waals surface area (Å²) in [5, 5.41) is 18.7. The van der Waals surface area contributed by atoms with E-state index in [4.69, 9.17) is 5.41 Å². The van der Waals surface area contributed by atoms with E-state index >= 15 is 0 Å². The molecule has 9 heteroatoms. The normalized spacial score (nSPS) is 22.8. The number of nitrogens with one attached hydrogen (secondary N) is 5. The van der Waals surface area contributed by atoms with E-state index in [1.807, 2.05) is 18.2 Å². The van der Waals surface area contributed by atoms with E-state index in [2.05, 4.69) is 26.5 Å². The fourth-order valence-electron chi connectivity index (χ4n) is 2.73. The summed E-state index contributed by atoms with van der Waals surface area (Å²) in [6.07, 6.45) is 2.44. The van der Waals surface area contributed by atoms with E-state index in [0.717, 1.165) is 19.1 Å². The minimum absolute atomic E-state index is 0.00191. The van der Waals surface area contributed by atoms with Gasteiger partial charge in [0.25, 0.3) is 11.8 Å². The molecule has 0 spiro atoms. The van der Waals surface area contributed by atoms with E-state index in [9.17, 15) is 14.4 Å². The van der Waals surface area contributed by atoms with Gasteiger partial charge in [0.15, 0.2) is 5.71 Å². The maximum absolute atomic E-state index is 12.2. The van der Waals surface area contributed by atoms with E-state index in [0.29, 0.717) is 5.69 Å². The summed E-state index contributed by atoms with van der Waals surface area (Å²) in [6.45, 7) is -0.0493. The highest BCUT2D eigenvalue weighted by Gasteiger charge is 2.56. The molecule has 25 heavy (non-hydrogen) atoms. The highest BCUT2D eigenvalue weighted by molar-refractivity contribution is 6.60. The number of urea groups is 1. The van der Waals surface area contributed by atoms with E-state index in [-0.39, 0.29) is 18.2 Å². The zero-order valence-electron chi connectivity index (χ0n) is 13.3. The molecule has 1 aliphatic carbocycles. The highest BCUT2D eigenvalue weighted by Crippen LogP contribution is 2.40. The first-order valence-electron chi connectivity index (χ1n) is 7.86. The van der Waals surface area contributed by atoms with Gasteiger partial charge in [0.1, 0.15) is 5.54 Å². The predicted octanol–water partition coefficient (Wildman–Crippen LogP) is 0.208. The maximum atomic E-state index is 12.2. The van der Waals surface area contributed by atoms with Crippen molar-refractivity contribution in [1.82, 2.24) is 16.0 Å². The zero-order chi connectivity index (χ0) is 17.9. The molecule has 1 unspecified atom stereocenters. The third-order valence-corrected chi connectivity index (χ3v) is 4.22. The van der Waals surface area contributed by atoms with Crippen LogP contribution in [0.15, 0.2) is 35.4 Å². The lowest BCUT2D eigenvalue weighted by Gasteiger charge is -2.26. The van der Waals surface area contributed by atoms with Gasteiger partial charge in [0.05, 0.1) is 18.4 Å². The molecule has 3 rings (SSSR count). The number of hydrogen-bond donors (Lipinski definition) is 5. The van der Waals surface area contributed by atoms with Gasteiger partial charge in [-0.1, -0.05) is 18.2 Å². The predicted molar refractivity (Wildman–Crippen MR) is 91.4 cm³/mol. The largest absolute Gasteiger partial charge is 0.348 e. The lowest BCUT2D eigenvalue weighted by atomic mass is 9.93. The first-order valence-corrected chi connectivity index (χ1v) is 7.86. The second-order valence-electron chi connectivity index (χ2n) is 5.96. The quantitative estimate of drug-likeness (QED) is 0.275. The summed E-state index contributed by atoms with van der Waals surface area (Å²) in [6, 6.07) is 8.44. The Balaban J connectivity index is 1.65. The van der Waals surface area contributed by atoms with Crippen molar-refractivity contribution in [3.8, 4) is 0 Å². The SMILES string of the molecule is N=C/C(=N\Nc1ccccc1)C(=O)NCC1(C2CC2)NC(=O)NC1=O. The molecule has 1 aliphatic heterocycles. The number of imide groups is 1. The number of nitrogens with zero attached hydrogens (tertiary/aromatic N) is 1. The van der Waals surface area contributed by atoms with E-state index < -0.39 is 23.4 Å². The van der Waals surface area contributed by atoms with E-state index in [1.165, 1.54) is 0 Å². The number of amides is 4. The monoisotopic (exact) mass is 342 g/mol. The van der Waals surface area contributed by atoms with Crippen molar-refractivity contribution in [2.24, 2.45) is 11.0 Å². The van der Waals surface area contributed by atoms with Crippen molar-refractivity contribution >= 4 is 35.5 Å². The van der Waals surface area contributed by atoms with Gasteiger partial charge >= 0.3 is 6.03 Å². The fraction of sp³-hybridized carbons (Fsp3) is 0.312. The van der Waals surface area contributed by atoms with Crippen molar-refractivity contribution in [1.29, 1.82) is 5.41 Å². The molecule has 5 N–H and O–H groups in total. The lowest BCUT2D eigenvalue weighted by Crippen LogP contribution is -2.57. The van der Waals surface area contributed by atoms with Crippen LogP contribution < -0.4 is 21.4 Å². The smallest absolute Gasteiger partial charge is 0.322 e. The Morgan fingerprint density at radius 2 is 2.04 bits per heavy atom. The molecule has 1 aromatic carbocycles. The van der Waals surface area contributed by atoms with Crippen LogP contribution in [0.2, 0.25) is 0 Å². The average molecular weight is 342 g/mol. The molecule has 130 valence electrons.